The van der Waals surface area contributed by atoms with Gasteiger partial charge in [0, 0.05) is 7.11 Å². The maximum absolute atomic E-state index is 12.2. The first kappa shape index (κ1) is 13.5. The number of benzene rings is 1. The molecule has 1 N–H and O–H groups in total. The molecule has 0 radical (unpaired) electrons. The number of rotatable bonds is 5. The number of hydrogen-bond acceptors (Lipinski definition) is 4. The van der Waals surface area contributed by atoms with Crippen LogP contribution in [-0.4, -0.2) is 30.6 Å². The molecule has 0 saturated heterocycles. The Labute approximate surface area is 107 Å². The van der Waals surface area contributed by atoms with Gasteiger partial charge in [0.2, 0.25) is 7.37 Å². The van der Waals surface area contributed by atoms with Gasteiger partial charge in [-0.1, -0.05) is 30.3 Å². The number of aliphatic hydroxyl groups is 1. The highest BCUT2D eigenvalue weighted by Gasteiger charge is 2.40. The molecule has 0 bridgehead atoms. The zero-order chi connectivity index (χ0) is 13.0. The molecule has 1 aliphatic heterocycles. The van der Waals surface area contributed by atoms with Crippen LogP contribution in [-0.2, 0) is 20.4 Å². The smallest absolute Gasteiger partial charge is 0.232 e. The van der Waals surface area contributed by atoms with Crippen LogP contribution < -0.4 is 0 Å². The minimum Gasteiger partial charge on any atom is -0.388 e. The Morgan fingerprint density at radius 3 is 2.72 bits per heavy atom. The maximum atomic E-state index is 12.2. The second-order valence-electron chi connectivity index (χ2n) is 4.23. The van der Waals surface area contributed by atoms with Crippen LogP contribution in [0, 0.1) is 0 Å². The van der Waals surface area contributed by atoms with Gasteiger partial charge in [-0.05, 0) is 17.5 Å². The summed E-state index contributed by atoms with van der Waals surface area (Å²) in [5.74, 6) is 1.47. The van der Waals surface area contributed by atoms with Crippen molar-refractivity contribution in [3.8, 4) is 0 Å². The molecule has 0 saturated carbocycles. The van der Waals surface area contributed by atoms with E-state index in [1.165, 1.54) is 19.0 Å². The highest BCUT2D eigenvalue weighted by molar-refractivity contribution is 7.63. The van der Waals surface area contributed by atoms with Crippen molar-refractivity contribution >= 4 is 7.37 Å². The zero-order valence-corrected chi connectivity index (χ0v) is 11.1. The molecule has 1 aromatic carbocycles. The molecule has 1 aromatic rings. The highest BCUT2D eigenvalue weighted by atomic mass is 31.2. The van der Waals surface area contributed by atoms with Gasteiger partial charge in [-0.25, -0.2) is 0 Å². The van der Waals surface area contributed by atoms with Gasteiger partial charge in [-0.15, -0.1) is 0 Å². The SMILES string of the molecule is CO[P@]1(=O)C=C[C@@H](O)[C@H]1COCc1ccccc1. The summed E-state index contributed by atoms with van der Waals surface area (Å²) in [5.41, 5.74) is 0.552. The second-order valence-corrected chi connectivity index (χ2v) is 6.85. The van der Waals surface area contributed by atoms with E-state index in [1.54, 1.807) is 0 Å². The third-order valence-electron chi connectivity index (χ3n) is 3.03. The summed E-state index contributed by atoms with van der Waals surface area (Å²) in [6.45, 7) is 0.655. The fraction of sp³-hybridized carbons (Fsp3) is 0.385. The van der Waals surface area contributed by atoms with E-state index in [1.807, 2.05) is 30.3 Å². The zero-order valence-electron chi connectivity index (χ0n) is 10.2. The quantitative estimate of drug-likeness (QED) is 0.833. The fourth-order valence-corrected chi connectivity index (χ4v) is 3.80. The van der Waals surface area contributed by atoms with Crippen LogP contribution in [0.1, 0.15) is 5.56 Å². The molecule has 0 amide bonds. The topological polar surface area (TPSA) is 55.8 Å². The van der Waals surface area contributed by atoms with Gasteiger partial charge >= 0.3 is 0 Å². The van der Waals surface area contributed by atoms with Crippen LogP contribution >= 0.6 is 7.37 Å². The van der Waals surface area contributed by atoms with Crippen LogP contribution in [0.5, 0.6) is 0 Å². The lowest BCUT2D eigenvalue weighted by molar-refractivity contribution is 0.0894. The van der Waals surface area contributed by atoms with E-state index in [2.05, 4.69) is 0 Å². The molecule has 5 heteroatoms. The van der Waals surface area contributed by atoms with Crippen molar-refractivity contribution in [2.75, 3.05) is 13.7 Å². The number of aliphatic hydroxyl groups excluding tert-OH is 1. The normalized spacial score (nSPS) is 30.8. The second kappa shape index (κ2) is 5.81. The minimum absolute atomic E-state index is 0.216. The molecule has 4 nitrogen and oxygen atoms in total. The van der Waals surface area contributed by atoms with Gasteiger partial charge in [0.25, 0.3) is 0 Å². The third kappa shape index (κ3) is 2.90. The van der Waals surface area contributed by atoms with E-state index >= 15 is 0 Å². The first-order valence-electron chi connectivity index (χ1n) is 5.80. The molecule has 0 fully saturated rings. The summed E-state index contributed by atoms with van der Waals surface area (Å²) in [7, 11) is -1.50. The molecule has 3 atom stereocenters. The molecule has 2 rings (SSSR count). The lowest BCUT2D eigenvalue weighted by Gasteiger charge is -2.21. The Balaban J connectivity index is 1.89. The summed E-state index contributed by atoms with van der Waals surface area (Å²) in [5, 5.41) is 9.73. The van der Waals surface area contributed by atoms with Crippen molar-refractivity contribution in [3.05, 3.63) is 47.8 Å². The molecule has 0 spiro atoms. The Morgan fingerprint density at radius 2 is 2.06 bits per heavy atom. The highest BCUT2D eigenvalue weighted by Crippen LogP contribution is 2.57. The van der Waals surface area contributed by atoms with E-state index < -0.39 is 19.1 Å². The average Bonchev–Trinajstić information content (AvgIpc) is 2.69. The van der Waals surface area contributed by atoms with E-state index in [-0.39, 0.29) is 6.61 Å². The molecular formula is C13H17O4P. The van der Waals surface area contributed by atoms with Crippen molar-refractivity contribution in [3.63, 3.8) is 0 Å². The molecular weight excluding hydrogens is 251 g/mol. The number of hydrogen-bond donors (Lipinski definition) is 1. The van der Waals surface area contributed by atoms with Gasteiger partial charge in [-0.3, -0.25) is 4.57 Å². The number of ether oxygens (including phenoxy) is 1. The van der Waals surface area contributed by atoms with Gasteiger partial charge in [0.05, 0.1) is 25.0 Å². The van der Waals surface area contributed by atoms with E-state index in [0.717, 1.165) is 5.56 Å². The van der Waals surface area contributed by atoms with Crippen molar-refractivity contribution in [1.29, 1.82) is 0 Å². The van der Waals surface area contributed by atoms with Crippen LogP contribution in [0.2, 0.25) is 0 Å². The maximum Gasteiger partial charge on any atom is 0.232 e. The standard InChI is InChI=1S/C13H17O4P/c1-16-18(15)8-7-12(14)13(18)10-17-9-11-5-3-2-4-6-11/h2-8,12-14H,9-10H2,1H3/t12-,13-,18-/m1/s1. The average molecular weight is 268 g/mol. The monoisotopic (exact) mass is 268 g/mol. The van der Waals surface area contributed by atoms with Crippen molar-refractivity contribution < 1.29 is 18.9 Å². The van der Waals surface area contributed by atoms with Gasteiger partial charge in [0.15, 0.2) is 0 Å². The third-order valence-corrected chi connectivity index (χ3v) is 5.57. The first-order chi connectivity index (χ1) is 8.65. The minimum atomic E-state index is -2.89. The fourth-order valence-electron chi connectivity index (χ4n) is 1.93. The molecule has 1 heterocycles. The lowest BCUT2D eigenvalue weighted by Crippen LogP contribution is -2.25. The van der Waals surface area contributed by atoms with E-state index in [9.17, 15) is 9.67 Å². The van der Waals surface area contributed by atoms with Crippen molar-refractivity contribution in [2.45, 2.75) is 18.4 Å². The van der Waals surface area contributed by atoms with Crippen molar-refractivity contribution in [1.82, 2.24) is 0 Å². The molecule has 0 unspecified atom stereocenters. The van der Waals surface area contributed by atoms with Crippen LogP contribution in [0.4, 0.5) is 0 Å². The van der Waals surface area contributed by atoms with E-state index in [0.29, 0.717) is 6.61 Å². The van der Waals surface area contributed by atoms with Crippen molar-refractivity contribution in [2.24, 2.45) is 0 Å². The van der Waals surface area contributed by atoms with Gasteiger partial charge < -0.3 is 14.4 Å². The van der Waals surface area contributed by atoms with Crippen LogP contribution in [0.3, 0.4) is 0 Å². The lowest BCUT2D eigenvalue weighted by atomic mass is 10.2. The summed E-state index contributed by atoms with van der Waals surface area (Å²) in [4.78, 5) is 0. The first-order valence-corrected chi connectivity index (χ1v) is 7.56. The van der Waals surface area contributed by atoms with Crippen LogP contribution in [0.25, 0.3) is 0 Å². The predicted octanol–water partition coefficient (Wildman–Crippen LogP) is 2.38. The molecule has 1 aliphatic rings. The Morgan fingerprint density at radius 1 is 1.33 bits per heavy atom. The molecule has 98 valence electrons. The molecule has 18 heavy (non-hydrogen) atoms. The predicted molar refractivity (Wildman–Crippen MR) is 69.6 cm³/mol. The summed E-state index contributed by atoms with van der Waals surface area (Å²) in [6.07, 6.45) is 0.757. The Kier molecular flexibility index (Phi) is 4.36. The molecule has 0 aromatic heterocycles. The Hall–Kier alpha value is -0.930. The van der Waals surface area contributed by atoms with Gasteiger partial charge in [0.1, 0.15) is 0 Å². The van der Waals surface area contributed by atoms with Gasteiger partial charge in [-0.2, -0.15) is 0 Å². The summed E-state index contributed by atoms with van der Waals surface area (Å²) in [6, 6.07) is 9.72. The van der Waals surface area contributed by atoms with Crippen LogP contribution in [0.15, 0.2) is 42.2 Å². The summed E-state index contributed by atoms with van der Waals surface area (Å²) < 4.78 is 22.7. The van der Waals surface area contributed by atoms with E-state index in [4.69, 9.17) is 9.26 Å². The Bertz CT molecular complexity index is 457. The molecule has 0 aliphatic carbocycles. The largest absolute Gasteiger partial charge is 0.388 e. The summed E-state index contributed by atoms with van der Waals surface area (Å²) >= 11 is 0.